The molecule has 27 heavy (non-hydrogen) atoms. The molecule has 0 amide bonds. The largest absolute Gasteiger partial charge is 0.490 e. The van der Waals surface area contributed by atoms with E-state index in [9.17, 15) is 14.0 Å². The fraction of sp³-hybridized carbons (Fsp3) is 0.238. The van der Waals surface area contributed by atoms with E-state index in [1.54, 1.807) is 13.0 Å². The monoisotopic (exact) mass is 370 g/mol. The highest BCUT2D eigenvalue weighted by atomic mass is 19.1. The van der Waals surface area contributed by atoms with Gasteiger partial charge in [-0.3, -0.25) is 4.79 Å². The first-order valence-electron chi connectivity index (χ1n) is 8.60. The second-order valence-electron chi connectivity index (χ2n) is 6.20. The molecule has 0 saturated heterocycles. The van der Waals surface area contributed by atoms with Crippen molar-refractivity contribution in [3.05, 3.63) is 53.3 Å². The lowest BCUT2D eigenvalue weighted by Crippen LogP contribution is -2.08. The first-order chi connectivity index (χ1) is 12.9. The minimum atomic E-state index is -0.565. The zero-order valence-corrected chi connectivity index (χ0v) is 15.2. The molecule has 1 heterocycles. The summed E-state index contributed by atoms with van der Waals surface area (Å²) in [5, 5.41) is 0.467. The van der Waals surface area contributed by atoms with E-state index in [0.29, 0.717) is 34.1 Å². The molecule has 0 N–H and O–H groups in total. The van der Waals surface area contributed by atoms with Gasteiger partial charge in [-0.2, -0.15) is 0 Å². The van der Waals surface area contributed by atoms with Crippen LogP contribution in [-0.4, -0.2) is 25.0 Å². The Balaban J connectivity index is 2.28. The van der Waals surface area contributed by atoms with Gasteiger partial charge in [0.15, 0.2) is 6.29 Å². The summed E-state index contributed by atoms with van der Waals surface area (Å²) in [6.07, 6.45) is 0.511. The van der Waals surface area contributed by atoms with E-state index >= 15 is 0 Å². The summed E-state index contributed by atoms with van der Waals surface area (Å²) in [6, 6.07) is 8.71. The van der Waals surface area contributed by atoms with Crippen LogP contribution < -0.4 is 4.74 Å². The van der Waals surface area contributed by atoms with Crippen molar-refractivity contribution in [2.24, 2.45) is 0 Å². The molecule has 0 spiro atoms. The number of hydrogen-bond acceptors (Lipinski definition) is 5. The van der Waals surface area contributed by atoms with Gasteiger partial charge in [0.25, 0.3) is 0 Å². The summed E-state index contributed by atoms with van der Waals surface area (Å²) < 4.78 is 30.0. The quantitative estimate of drug-likeness (QED) is 0.450. The van der Waals surface area contributed by atoms with Crippen molar-refractivity contribution in [2.45, 2.75) is 26.9 Å². The molecule has 0 fully saturated rings. The van der Waals surface area contributed by atoms with Gasteiger partial charge >= 0.3 is 5.97 Å². The average Bonchev–Trinajstić information content (AvgIpc) is 2.99. The van der Waals surface area contributed by atoms with E-state index < -0.39 is 11.8 Å². The zero-order valence-electron chi connectivity index (χ0n) is 15.2. The summed E-state index contributed by atoms with van der Waals surface area (Å²) in [4.78, 5) is 24.0. The van der Waals surface area contributed by atoms with Gasteiger partial charge in [0.2, 0.25) is 0 Å². The minimum Gasteiger partial charge on any atom is -0.490 e. The number of carbonyl (C=O) groups excluding carboxylic acids is 2. The Bertz CT molecular complexity index is 986. The molecule has 3 rings (SSSR count). The smallest absolute Gasteiger partial charge is 0.342 e. The molecule has 3 aromatic rings. The van der Waals surface area contributed by atoms with Gasteiger partial charge in [0.05, 0.1) is 18.3 Å². The highest BCUT2D eigenvalue weighted by Crippen LogP contribution is 2.37. The fourth-order valence-electron chi connectivity index (χ4n) is 2.80. The maximum absolute atomic E-state index is 13.3. The Kier molecular flexibility index (Phi) is 5.26. The van der Waals surface area contributed by atoms with Crippen LogP contribution in [0, 0.1) is 5.82 Å². The third kappa shape index (κ3) is 3.69. The normalized spacial score (nSPS) is 11.0. The number of esters is 1. The van der Waals surface area contributed by atoms with E-state index in [1.807, 2.05) is 13.8 Å². The summed E-state index contributed by atoms with van der Waals surface area (Å²) in [6.45, 7) is 5.57. The zero-order chi connectivity index (χ0) is 19.6. The van der Waals surface area contributed by atoms with Crippen LogP contribution in [0.4, 0.5) is 4.39 Å². The second kappa shape index (κ2) is 7.61. The lowest BCUT2D eigenvalue weighted by atomic mass is 10.0. The van der Waals surface area contributed by atoms with Crippen molar-refractivity contribution in [3.8, 4) is 17.1 Å². The SMILES string of the molecule is CCOC(=O)c1c(-c2ccc(F)cc2)oc2cc(C=O)c(OC(C)C)cc12. The van der Waals surface area contributed by atoms with E-state index in [4.69, 9.17) is 13.9 Å². The van der Waals surface area contributed by atoms with Crippen LogP contribution in [0.1, 0.15) is 41.5 Å². The fourth-order valence-corrected chi connectivity index (χ4v) is 2.80. The molecule has 0 aliphatic carbocycles. The van der Waals surface area contributed by atoms with Gasteiger partial charge in [0.1, 0.15) is 28.5 Å². The number of rotatable bonds is 6. The van der Waals surface area contributed by atoms with Gasteiger partial charge in [-0.05, 0) is 57.2 Å². The Morgan fingerprint density at radius 1 is 1.22 bits per heavy atom. The van der Waals surface area contributed by atoms with Crippen LogP contribution in [0.25, 0.3) is 22.3 Å². The van der Waals surface area contributed by atoms with Crippen molar-refractivity contribution in [1.29, 1.82) is 0 Å². The average molecular weight is 370 g/mol. The molecule has 5 nitrogen and oxygen atoms in total. The molecule has 0 aliphatic rings. The van der Waals surface area contributed by atoms with Crippen molar-refractivity contribution in [2.75, 3.05) is 6.61 Å². The number of furan rings is 1. The van der Waals surface area contributed by atoms with Crippen LogP contribution in [0.3, 0.4) is 0 Å². The minimum absolute atomic E-state index is 0.157. The molecule has 0 saturated carbocycles. The van der Waals surface area contributed by atoms with E-state index in [0.717, 1.165) is 0 Å². The molecule has 0 aliphatic heterocycles. The molecular weight excluding hydrogens is 351 g/mol. The maximum Gasteiger partial charge on any atom is 0.342 e. The first-order valence-corrected chi connectivity index (χ1v) is 8.60. The van der Waals surface area contributed by atoms with Crippen LogP contribution in [-0.2, 0) is 4.74 Å². The Hall–Kier alpha value is -3.15. The third-order valence-corrected chi connectivity index (χ3v) is 3.90. The van der Waals surface area contributed by atoms with Crippen LogP contribution in [0.5, 0.6) is 5.75 Å². The number of hydrogen-bond donors (Lipinski definition) is 0. The Morgan fingerprint density at radius 3 is 2.52 bits per heavy atom. The second-order valence-corrected chi connectivity index (χ2v) is 6.20. The molecule has 1 aromatic heterocycles. The molecule has 140 valence electrons. The highest BCUT2D eigenvalue weighted by Gasteiger charge is 2.25. The molecule has 0 bridgehead atoms. The van der Waals surface area contributed by atoms with Crippen molar-refractivity contribution in [3.63, 3.8) is 0 Å². The Morgan fingerprint density at radius 2 is 1.93 bits per heavy atom. The summed E-state index contributed by atoms with van der Waals surface area (Å²) in [5.41, 5.74) is 1.39. The molecule has 0 radical (unpaired) electrons. The molecular formula is C21H19FO5. The number of benzene rings is 2. The van der Waals surface area contributed by atoms with Gasteiger partial charge < -0.3 is 13.9 Å². The van der Waals surface area contributed by atoms with Crippen LogP contribution in [0.15, 0.2) is 40.8 Å². The first kappa shape index (κ1) is 18.6. The molecule has 0 atom stereocenters. The van der Waals surface area contributed by atoms with E-state index in [2.05, 4.69) is 0 Å². The summed E-state index contributed by atoms with van der Waals surface area (Å²) in [7, 11) is 0. The number of fused-ring (bicyclic) bond motifs is 1. The number of ether oxygens (including phenoxy) is 2. The van der Waals surface area contributed by atoms with Gasteiger partial charge in [-0.15, -0.1) is 0 Å². The van der Waals surface area contributed by atoms with E-state index in [1.165, 1.54) is 30.3 Å². The van der Waals surface area contributed by atoms with Crippen molar-refractivity contribution >= 4 is 23.2 Å². The predicted molar refractivity (Wildman–Crippen MR) is 98.7 cm³/mol. The summed E-state index contributed by atoms with van der Waals surface area (Å²) in [5.74, 6) is -0.361. The van der Waals surface area contributed by atoms with Gasteiger partial charge in [-0.25, -0.2) is 9.18 Å². The van der Waals surface area contributed by atoms with Crippen molar-refractivity contribution < 1.29 is 27.9 Å². The standard InChI is InChI=1S/C21H19FO5/c1-4-25-21(24)19-16-10-17(26-12(2)3)14(11-23)9-18(16)27-20(19)13-5-7-15(22)8-6-13/h5-12H,4H2,1-3H3. The lowest BCUT2D eigenvalue weighted by Gasteiger charge is -2.11. The summed E-state index contributed by atoms with van der Waals surface area (Å²) >= 11 is 0. The number of halogens is 1. The van der Waals surface area contributed by atoms with Gasteiger partial charge in [0, 0.05) is 10.9 Å². The highest BCUT2D eigenvalue weighted by molar-refractivity contribution is 6.10. The number of carbonyl (C=O) groups is 2. The molecule has 0 unspecified atom stereocenters. The predicted octanol–water partition coefficient (Wildman–Crippen LogP) is 5.02. The third-order valence-electron chi connectivity index (χ3n) is 3.90. The maximum atomic E-state index is 13.3. The van der Waals surface area contributed by atoms with Crippen LogP contribution in [0.2, 0.25) is 0 Å². The molecule has 2 aromatic carbocycles. The van der Waals surface area contributed by atoms with Crippen LogP contribution >= 0.6 is 0 Å². The topological polar surface area (TPSA) is 65.7 Å². The Labute approximate surface area is 155 Å². The molecule has 6 heteroatoms. The van der Waals surface area contributed by atoms with Gasteiger partial charge in [-0.1, -0.05) is 0 Å². The van der Waals surface area contributed by atoms with E-state index in [-0.39, 0.29) is 24.0 Å². The van der Waals surface area contributed by atoms with Crippen molar-refractivity contribution in [1.82, 2.24) is 0 Å². The number of aldehydes is 1. The lowest BCUT2D eigenvalue weighted by molar-refractivity contribution is 0.0528.